The second kappa shape index (κ2) is 8.98. The highest BCUT2D eigenvalue weighted by atomic mass is 16.6. The van der Waals surface area contributed by atoms with Crippen LogP contribution < -0.4 is 4.90 Å². The second-order valence-electron chi connectivity index (χ2n) is 7.38. The molecule has 2 heterocycles. The topological polar surface area (TPSA) is 88.3 Å². The Morgan fingerprint density at radius 1 is 1.36 bits per heavy atom. The number of nitriles is 1. The van der Waals surface area contributed by atoms with Gasteiger partial charge in [-0.1, -0.05) is 19.1 Å². The Morgan fingerprint density at radius 2 is 2.07 bits per heavy atom. The molecule has 0 saturated carbocycles. The fraction of sp³-hybridized carbons (Fsp3) is 0.524. The fourth-order valence-corrected chi connectivity index (χ4v) is 3.57. The Labute approximate surface area is 165 Å². The van der Waals surface area contributed by atoms with Gasteiger partial charge in [0.25, 0.3) is 0 Å². The lowest BCUT2D eigenvalue weighted by Crippen LogP contribution is -2.36. The number of aromatic nitrogens is 2. The fourth-order valence-electron chi connectivity index (χ4n) is 3.57. The van der Waals surface area contributed by atoms with E-state index in [1.54, 1.807) is 6.92 Å². The number of para-hydroxylation sites is 2. The van der Waals surface area contributed by atoms with Gasteiger partial charge in [0.2, 0.25) is 0 Å². The van der Waals surface area contributed by atoms with E-state index in [0.29, 0.717) is 22.9 Å². The summed E-state index contributed by atoms with van der Waals surface area (Å²) in [5.74, 6) is -0.635. The maximum atomic E-state index is 12.7. The largest absolute Gasteiger partial charge is 0.459 e. The molecule has 1 aliphatic heterocycles. The predicted molar refractivity (Wildman–Crippen MR) is 106 cm³/mol. The number of carbonyl (C=O) groups is 1. The molecule has 1 saturated heterocycles. The summed E-state index contributed by atoms with van der Waals surface area (Å²) in [6, 6.07) is 9.57. The molecule has 3 rings (SSSR count). The summed E-state index contributed by atoms with van der Waals surface area (Å²) in [5.41, 5.74) is 1.77. The molecule has 3 atom stereocenters. The first-order valence-corrected chi connectivity index (χ1v) is 9.64. The van der Waals surface area contributed by atoms with Crippen LogP contribution in [0.3, 0.4) is 0 Å². The van der Waals surface area contributed by atoms with Crippen LogP contribution in [0.1, 0.15) is 38.3 Å². The number of benzene rings is 1. The van der Waals surface area contributed by atoms with Crippen LogP contribution in [0.2, 0.25) is 0 Å². The van der Waals surface area contributed by atoms with E-state index in [-0.39, 0.29) is 6.61 Å². The molecule has 148 valence electrons. The van der Waals surface area contributed by atoms with Crippen LogP contribution in [0.4, 0.5) is 5.82 Å². The van der Waals surface area contributed by atoms with Crippen molar-refractivity contribution < 1.29 is 14.3 Å². The molecule has 7 nitrogen and oxygen atoms in total. The zero-order valence-electron chi connectivity index (χ0n) is 16.6. The van der Waals surface area contributed by atoms with Gasteiger partial charge >= 0.3 is 5.97 Å². The molecule has 7 heteroatoms. The molecule has 28 heavy (non-hydrogen) atoms. The van der Waals surface area contributed by atoms with Gasteiger partial charge in [0.1, 0.15) is 11.8 Å². The Morgan fingerprint density at radius 3 is 2.71 bits per heavy atom. The average molecular weight is 382 g/mol. The maximum absolute atomic E-state index is 12.7. The molecule has 1 aromatic heterocycles. The van der Waals surface area contributed by atoms with Crippen molar-refractivity contribution in [2.24, 2.45) is 5.92 Å². The van der Waals surface area contributed by atoms with Crippen molar-refractivity contribution in [3.8, 4) is 6.07 Å². The van der Waals surface area contributed by atoms with Crippen LogP contribution in [0.15, 0.2) is 24.3 Å². The van der Waals surface area contributed by atoms with Crippen molar-refractivity contribution >= 4 is 22.8 Å². The van der Waals surface area contributed by atoms with Crippen LogP contribution in [0.5, 0.6) is 0 Å². The summed E-state index contributed by atoms with van der Waals surface area (Å²) in [6.07, 6.45) is 1.76. The minimum absolute atomic E-state index is 0.268. The quantitative estimate of drug-likeness (QED) is 0.710. The Bertz CT molecular complexity index is 880. The normalized spacial score (nSPS) is 19.1. The van der Waals surface area contributed by atoms with Crippen LogP contribution in [-0.2, 0) is 14.3 Å². The molecule has 2 aromatic rings. The number of carbonyl (C=O) groups excluding carboxylic acids is 1. The summed E-state index contributed by atoms with van der Waals surface area (Å²) < 4.78 is 10.4. The van der Waals surface area contributed by atoms with E-state index in [1.165, 1.54) is 7.11 Å². The molecule has 1 aromatic carbocycles. The molecule has 0 unspecified atom stereocenters. The SMILES string of the molecule is COC[C@H](C)OC(=O)[C@H](C#N)c1nc2ccccc2nc1N1CCC[C@H](C)C1. The summed E-state index contributed by atoms with van der Waals surface area (Å²) in [7, 11) is 1.54. The van der Waals surface area contributed by atoms with Gasteiger partial charge in [-0.25, -0.2) is 9.97 Å². The highest BCUT2D eigenvalue weighted by Crippen LogP contribution is 2.31. The van der Waals surface area contributed by atoms with E-state index in [1.807, 2.05) is 24.3 Å². The standard InChI is InChI=1S/C21H26N4O3/c1-14-7-6-10-25(12-14)20-19(23-17-8-4-5-9-18(17)24-20)16(11-22)21(26)28-15(2)13-27-3/h4-5,8-9,14-16H,6-7,10,12-13H2,1-3H3/t14-,15-,16+/m0/s1. The van der Waals surface area contributed by atoms with Gasteiger partial charge in [0.05, 0.1) is 23.7 Å². The lowest BCUT2D eigenvalue weighted by molar-refractivity contribution is -0.150. The minimum atomic E-state index is -1.14. The number of nitrogens with zero attached hydrogens (tertiary/aromatic N) is 4. The first kappa shape index (κ1) is 20.0. The Hall–Kier alpha value is -2.72. The molecule has 1 aliphatic rings. The molecular formula is C21H26N4O3. The molecule has 1 fully saturated rings. The maximum Gasteiger partial charge on any atom is 0.330 e. The van der Waals surface area contributed by atoms with Crippen LogP contribution in [-0.4, -0.2) is 48.8 Å². The summed E-state index contributed by atoms with van der Waals surface area (Å²) in [6.45, 7) is 5.85. The van der Waals surface area contributed by atoms with Gasteiger partial charge in [-0.3, -0.25) is 4.79 Å². The van der Waals surface area contributed by atoms with Gasteiger partial charge in [0, 0.05) is 20.2 Å². The number of rotatable bonds is 6. The van der Waals surface area contributed by atoms with Gasteiger partial charge in [-0.2, -0.15) is 5.26 Å². The monoisotopic (exact) mass is 382 g/mol. The Kier molecular flexibility index (Phi) is 6.42. The van der Waals surface area contributed by atoms with Gasteiger partial charge in [-0.05, 0) is 37.8 Å². The average Bonchev–Trinajstić information content (AvgIpc) is 2.68. The molecule has 0 radical (unpaired) electrons. The van der Waals surface area contributed by atoms with Gasteiger partial charge in [-0.15, -0.1) is 0 Å². The predicted octanol–water partition coefficient (Wildman–Crippen LogP) is 3.05. The third-order valence-electron chi connectivity index (χ3n) is 4.89. The number of hydrogen-bond donors (Lipinski definition) is 0. The highest BCUT2D eigenvalue weighted by Gasteiger charge is 2.32. The number of methoxy groups -OCH3 is 1. The third-order valence-corrected chi connectivity index (χ3v) is 4.89. The highest BCUT2D eigenvalue weighted by molar-refractivity contribution is 5.85. The third kappa shape index (κ3) is 4.39. The van der Waals surface area contributed by atoms with Gasteiger partial charge < -0.3 is 14.4 Å². The number of anilines is 1. The number of esters is 1. The lowest BCUT2D eigenvalue weighted by atomic mass is 9.99. The Balaban J connectivity index is 2.02. The van der Waals surface area contributed by atoms with Crippen molar-refractivity contribution in [3.05, 3.63) is 30.0 Å². The summed E-state index contributed by atoms with van der Waals surface area (Å²) in [5, 5.41) is 9.77. The number of piperidine rings is 1. The van der Waals surface area contributed by atoms with Gasteiger partial charge in [0.15, 0.2) is 11.7 Å². The molecule has 0 N–H and O–H groups in total. The number of fused-ring (bicyclic) bond motifs is 1. The zero-order valence-corrected chi connectivity index (χ0v) is 16.6. The van der Waals surface area contributed by atoms with Crippen molar-refractivity contribution in [1.82, 2.24) is 9.97 Å². The van der Waals surface area contributed by atoms with Crippen LogP contribution >= 0.6 is 0 Å². The van der Waals surface area contributed by atoms with E-state index in [9.17, 15) is 10.1 Å². The first-order chi connectivity index (χ1) is 13.5. The lowest BCUT2D eigenvalue weighted by Gasteiger charge is -2.33. The van der Waals surface area contributed by atoms with Crippen molar-refractivity contribution in [2.75, 3.05) is 31.7 Å². The van der Waals surface area contributed by atoms with Crippen LogP contribution in [0, 0.1) is 17.2 Å². The molecule has 0 aliphatic carbocycles. The zero-order chi connectivity index (χ0) is 20.1. The smallest absolute Gasteiger partial charge is 0.330 e. The van der Waals surface area contributed by atoms with E-state index in [2.05, 4.69) is 22.9 Å². The summed E-state index contributed by atoms with van der Waals surface area (Å²) >= 11 is 0. The molecule has 0 bridgehead atoms. The summed E-state index contributed by atoms with van der Waals surface area (Å²) in [4.78, 5) is 24.3. The number of ether oxygens (including phenoxy) is 2. The first-order valence-electron chi connectivity index (χ1n) is 9.64. The molecule has 0 spiro atoms. The van der Waals surface area contributed by atoms with Crippen LogP contribution in [0.25, 0.3) is 11.0 Å². The second-order valence-corrected chi connectivity index (χ2v) is 7.38. The van der Waals surface area contributed by atoms with E-state index >= 15 is 0 Å². The van der Waals surface area contributed by atoms with Crippen molar-refractivity contribution in [1.29, 1.82) is 5.26 Å². The van der Waals surface area contributed by atoms with E-state index in [0.717, 1.165) is 31.4 Å². The van der Waals surface area contributed by atoms with E-state index in [4.69, 9.17) is 14.5 Å². The molecule has 0 amide bonds. The van der Waals surface area contributed by atoms with Crippen molar-refractivity contribution in [2.45, 2.75) is 38.7 Å². The molecular weight excluding hydrogens is 356 g/mol. The number of hydrogen-bond acceptors (Lipinski definition) is 7. The van der Waals surface area contributed by atoms with E-state index < -0.39 is 18.0 Å². The van der Waals surface area contributed by atoms with Crippen molar-refractivity contribution in [3.63, 3.8) is 0 Å². The minimum Gasteiger partial charge on any atom is -0.459 e.